The van der Waals surface area contributed by atoms with Crippen LogP contribution in [0.4, 0.5) is 4.39 Å². The van der Waals surface area contributed by atoms with Crippen LogP contribution >= 0.6 is 0 Å². The Bertz CT molecular complexity index is 622. The Balaban J connectivity index is 1.94. The van der Waals surface area contributed by atoms with Crippen LogP contribution in [-0.2, 0) is 6.42 Å². The van der Waals surface area contributed by atoms with Crippen molar-refractivity contribution in [2.24, 2.45) is 0 Å². The van der Waals surface area contributed by atoms with E-state index in [-0.39, 0.29) is 5.82 Å². The van der Waals surface area contributed by atoms with Crippen LogP contribution in [0.25, 0.3) is 10.9 Å². The molecule has 0 amide bonds. The number of hydrogen-bond acceptors (Lipinski definition) is 0. The Labute approximate surface area is 98.9 Å². The molecular weight excluding hydrogens is 213 g/mol. The van der Waals surface area contributed by atoms with E-state index in [9.17, 15) is 4.39 Å². The molecule has 0 aliphatic carbocycles. The van der Waals surface area contributed by atoms with Gasteiger partial charge in [0.2, 0.25) is 0 Å². The van der Waals surface area contributed by atoms with E-state index >= 15 is 0 Å². The summed E-state index contributed by atoms with van der Waals surface area (Å²) in [4.78, 5) is 3.32. The van der Waals surface area contributed by atoms with Crippen molar-refractivity contribution in [2.45, 2.75) is 6.42 Å². The van der Waals surface area contributed by atoms with Gasteiger partial charge in [-0.05, 0) is 42.0 Å². The number of halogens is 1. The van der Waals surface area contributed by atoms with Crippen molar-refractivity contribution in [1.82, 2.24) is 4.98 Å². The minimum absolute atomic E-state index is 0.188. The molecule has 0 saturated heterocycles. The SMILES string of the molecule is Fc1cccc(Cc2cc3c[c]ccc3[nH]2)c1. The standard InChI is InChI=1S/C15H11FN/c16-13-6-3-4-11(8-13)9-14-10-12-5-1-2-7-15(12)17-14/h2-8,10,17H,9H2. The maximum atomic E-state index is 13.1. The van der Waals surface area contributed by atoms with Crippen molar-refractivity contribution >= 4 is 10.9 Å². The van der Waals surface area contributed by atoms with Crippen LogP contribution in [0, 0.1) is 11.9 Å². The van der Waals surface area contributed by atoms with E-state index in [1.54, 1.807) is 12.1 Å². The first kappa shape index (κ1) is 10.1. The lowest BCUT2D eigenvalue weighted by Crippen LogP contribution is -1.88. The second-order valence-electron chi connectivity index (χ2n) is 4.11. The minimum Gasteiger partial charge on any atom is -0.358 e. The summed E-state index contributed by atoms with van der Waals surface area (Å²) < 4.78 is 13.1. The molecule has 0 bridgehead atoms. The van der Waals surface area contributed by atoms with Gasteiger partial charge in [-0.3, -0.25) is 0 Å². The lowest BCUT2D eigenvalue weighted by molar-refractivity contribution is 0.626. The number of aromatic nitrogens is 1. The molecular formula is C15H11FN. The van der Waals surface area contributed by atoms with Gasteiger partial charge in [-0.2, -0.15) is 0 Å². The molecule has 1 N–H and O–H groups in total. The second-order valence-corrected chi connectivity index (χ2v) is 4.11. The van der Waals surface area contributed by atoms with Gasteiger partial charge in [-0.15, -0.1) is 0 Å². The lowest BCUT2D eigenvalue weighted by Gasteiger charge is -1.98. The van der Waals surface area contributed by atoms with Crippen molar-refractivity contribution in [3.8, 4) is 0 Å². The van der Waals surface area contributed by atoms with E-state index in [2.05, 4.69) is 17.1 Å². The molecule has 0 atom stereocenters. The highest BCUT2D eigenvalue weighted by Crippen LogP contribution is 2.17. The third kappa shape index (κ3) is 2.07. The van der Waals surface area contributed by atoms with Gasteiger partial charge >= 0.3 is 0 Å². The Morgan fingerprint density at radius 2 is 2.12 bits per heavy atom. The van der Waals surface area contributed by atoms with Gasteiger partial charge < -0.3 is 4.98 Å². The van der Waals surface area contributed by atoms with Crippen molar-refractivity contribution in [3.05, 3.63) is 71.7 Å². The van der Waals surface area contributed by atoms with Crippen molar-refractivity contribution in [3.63, 3.8) is 0 Å². The summed E-state index contributed by atoms with van der Waals surface area (Å²) in [6.45, 7) is 0. The zero-order valence-corrected chi connectivity index (χ0v) is 9.20. The number of H-pyrrole nitrogens is 1. The minimum atomic E-state index is -0.188. The van der Waals surface area contributed by atoms with Crippen LogP contribution in [0.15, 0.2) is 48.5 Å². The van der Waals surface area contributed by atoms with Crippen LogP contribution in [0.1, 0.15) is 11.3 Å². The smallest absolute Gasteiger partial charge is 0.123 e. The average molecular weight is 224 g/mol. The van der Waals surface area contributed by atoms with Crippen molar-refractivity contribution < 1.29 is 4.39 Å². The summed E-state index contributed by atoms with van der Waals surface area (Å²) in [5.41, 5.74) is 3.15. The van der Waals surface area contributed by atoms with Crippen LogP contribution in [-0.4, -0.2) is 4.98 Å². The molecule has 83 valence electrons. The van der Waals surface area contributed by atoms with E-state index in [1.165, 1.54) is 6.07 Å². The third-order valence-electron chi connectivity index (χ3n) is 2.80. The van der Waals surface area contributed by atoms with E-state index in [1.807, 2.05) is 24.3 Å². The zero-order chi connectivity index (χ0) is 11.7. The quantitative estimate of drug-likeness (QED) is 0.683. The first-order valence-corrected chi connectivity index (χ1v) is 5.53. The molecule has 0 spiro atoms. The molecule has 2 aromatic carbocycles. The van der Waals surface area contributed by atoms with E-state index in [4.69, 9.17) is 0 Å². The first-order chi connectivity index (χ1) is 8.31. The van der Waals surface area contributed by atoms with Gasteiger partial charge in [0.15, 0.2) is 0 Å². The molecule has 1 radical (unpaired) electrons. The van der Waals surface area contributed by atoms with Crippen LogP contribution in [0.2, 0.25) is 0 Å². The Hall–Kier alpha value is -2.09. The Morgan fingerprint density at radius 3 is 2.94 bits per heavy atom. The maximum Gasteiger partial charge on any atom is 0.123 e. The normalized spacial score (nSPS) is 10.9. The second kappa shape index (κ2) is 4.06. The number of rotatable bonds is 2. The van der Waals surface area contributed by atoms with Gasteiger partial charge in [-0.25, -0.2) is 4.39 Å². The highest BCUT2D eigenvalue weighted by Gasteiger charge is 2.02. The number of benzene rings is 2. The van der Waals surface area contributed by atoms with E-state index in [0.29, 0.717) is 6.42 Å². The van der Waals surface area contributed by atoms with Crippen LogP contribution in [0.3, 0.4) is 0 Å². The van der Waals surface area contributed by atoms with Gasteiger partial charge in [-0.1, -0.05) is 18.2 Å². The van der Waals surface area contributed by atoms with Gasteiger partial charge in [0.1, 0.15) is 5.82 Å². The van der Waals surface area contributed by atoms with Gasteiger partial charge in [0.05, 0.1) is 0 Å². The number of fused-ring (bicyclic) bond motifs is 1. The number of nitrogens with one attached hydrogen (secondary N) is 1. The molecule has 0 aliphatic heterocycles. The van der Waals surface area contributed by atoms with Gasteiger partial charge in [0, 0.05) is 23.0 Å². The molecule has 1 aromatic heterocycles. The highest BCUT2D eigenvalue weighted by atomic mass is 19.1. The molecule has 3 aromatic rings. The van der Waals surface area contributed by atoms with Gasteiger partial charge in [0.25, 0.3) is 0 Å². The predicted molar refractivity (Wildman–Crippen MR) is 66.3 cm³/mol. The third-order valence-corrected chi connectivity index (χ3v) is 2.80. The highest BCUT2D eigenvalue weighted by molar-refractivity contribution is 5.80. The number of aromatic amines is 1. The summed E-state index contributed by atoms with van der Waals surface area (Å²) in [6.07, 6.45) is 0.715. The summed E-state index contributed by atoms with van der Waals surface area (Å²) in [5, 5.41) is 1.14. The average Bonchev–Trinajstić information content (AvgIpc) is 2.71. The largest absolute Gasteiger partial charge is 0.358 e. The molecule has 0 saturated carbocycles. The lowest BCUT2D eigenvalue weighted by atomic mass is 10.1. The van der Waals surface area contributed by atoms with E-state index in [0.717, 1.165) is 22.2 Å². The number of hydrogen-bond donors (Lipinski definition) is 1. The summed E-state index contributed by atoms with van der Waals surface area (Å²) in [7, 11) is 0. The summed E-state index contributed by atoms with van der Waals surface area (Å²) in [6, 6.07) is 17.6. The van der Waals surface area contributed by atoms with Crippen LogP contribution in [0.5, 0.6) is 0 Å². The summed E-state index contributed by atoms with van der Waals surface area (Å²) >= 11 is 0. The fourth-order valence-electron chi connectivity index (χ4n) is 2.04. The molecule has 17 heavy (non-hydrogen) atoms. The van der Waals surface area contributed by atoms with E-state index < -0.39 is 0 Å². The fourth-order valence-corrected chi connectivity index (χ4v) is 2.04. The molecule has 3 rings (SSSR count). The summed E-state index contributed by atoms with van der Waals surface area (Å²) in [5.74, 6) is -0.188. The Morgan fingerprint density at radius 1 is 1.18 bits per heavy atom. The van der Waals surface area contributed by atoms with Crippen molar-refractivity contribution in [1.29, 1.82) is 0 Å². The fraction of sp³-hybridized carbons (Fsp3) is 0.0667. The molecule has 2 heteroatoms. The van der Waals surface area contributed by atoms with Crippen LogP contribution < -0.4 is 0 Å². The predicted octanol–water partition coefficient (Wildman–Crippen LogP) is 3.70. The monoisotopic (exact) mass is 224 g/mol. The Kier molecular flexibility index (Phi) is 2.41. The molecule has 1 nitrogen and oxygen atoms in total. The van der Waals surface area contributed by atoms with Crippen molar-refractivity contribution in [2.75, 3.05) is 0 Å². The maximum absolute atomic E-state index is 13.1. The first-order valence-electron chi connectivity index (χ1n) is 5.53. The zero-order valence-electron chi connectivity index (χ0n) is 9.20. The molecule has 0 aliphatic rings. The molecule has 0 unspecified atom stereocenters. The topological polar surface area (TPSA) is 15.8 Å². The molecule has 0 fully saturated rings. The molecule has 1 heterocycles.